The lowest BCUT2D eigenvalue weighted by Gasteiger charge is -2.04. The van der Waals surface area contributed by atoms with E-state index in [-0.39, 0.29) is 5.82 Å². The van der Waals surface area contributed by atoms with Crippen LogP contribution in [0.25, 0.3) is 33.2 Å². The number of benzene rings is 3. The molecule has 4 rings (SSSR count). The first kappa shape index (κ1) is 11.9. The van der Waals surface area contributed by atoms with Crippen molar-refractivity contribution in [1.82, 2.24) is 9.97 Å². The van der Waals surface area contributed by atoms with Crippen LogP contribution in [0.4, 0.5) is 10.1 Å². The summed E-state index contributed by atoms with van der Waals surface area (Å²) in [5, 5.41) is 1.42. The Morgan fingerprint density at radius 1 is 0.905 bits per heavy atom. The summed E-state index contributed by atoms with van der Waals surface area (Å²) in [5.74, 6) is 0.462. The summed E-state index contributed by atoms with van der Waals surface area (Å²) in [5.41, 5.74) is 9.04. The van der Waals surface area contributed by atoms with E-state index in [1.54, 1.807) is 12.1 Å². The van der Waals surface area contributed by atoms with Crippen molar-refractivity contribution in [3.8, 4) is 11.4 Å². The largest absolute Gasteiger partial charge is 0.397 e. The number of halogens is 1. The van der Waals surface area contributed by atoms with Gasteiger partial charge in [0.05, 0.1) is 11.2 Å². The van der Waals surface area contributed by atoms with Crippen LogP contribution in [0.15, 0.2) is 54.6 Å². The molecule has 0 saturated carbocycles. The second kappa shape index (κ2) is 4.31. The molecule has 1 aromatic heterocycles. The summed E-state index contributed by atoms with van der Waals surface area (Å²) in [4.78, 5) is 7.81. The third kappa shape index (κ3) is 1.76. The number of rotatable bonds is 1. The van der Waals surface area contributed by atoms with Gasteiger partial charge in [-0.05, 0) is 29.7 Å². The Labute approximate surface area is 120 Å². The molecular formula is C17H12FN3. The number of aromatic amines is 1. The third-order valence-electron chi connectivity index (χ3n) is 3.67. The molecule has 21 heavy (non-hydrogen) atoms. The predicted octanol–water partition coefficient (Wildman–Crippen LogP) is 4.10. The average molecular weight is 277 g/mol. The normalized spacial score (nSPS) is 11.3. The van der Waals surface area contributed by atoms with Gasteiger partial charge in [0.1, 0.15) is 17.2 Å². The molecule has 0 atom stereocenters. The number of hydrogen-bond donors (Lipinski definition) is 2. The minimum absolute atomic E-state index is 0.232. The molecule has 3 aromatic carbocycles. The van der Waals surface area contributed by atoms with Crippen molar-refractivity contribution in [2.24, 2.45) is 0 Å². The number of nitrogens with two attached hydrogens (primary N) is 1. The standard InChI is InChI=1S/C17H12FN3/c18-13-9-8-12(10-4-1-2-5-11(10)13)17-20-15-7-3-6-14(19)16(15)21-17/h1-9H,19H2,(H,20,21). The van der Waals surface area contributed by atoms with E-state index >= 15 is 0 Å². The van der Waals surface area contributed by atoms with Gasteiger partial charge < -0.3 is 10.7 Å². The molecule has 0 radical (unpaired) electrons. The topological polar surface area (TPSA) is 54.7 Å². The van der Waals surface area contributed by atoms with Crippen LogP contribution in [-0.4, -0.2) is 9.97 Å². The zero-order chi connectivity index (χ0) is 14.4. The van der Waals surface area contributed by atoms with Gasteiger partial charge in [-0.1, -0.05) is 30.3 Å². The molecular weight excluding hydrogens is 265 g/mol. The van der Waals surface area contributed by atoms with Crippen molar-refractivity contribution in [1.29, 1.82) is 0 Å². The maximum absolute atomic E-state index is 13.9. The maximum atomic E-state index is 13.9. The number of para-hydroxylation sites is 1. The summed E-state index contributed by atoms with van der Waals surface area (Å²) >= 11 is 0. The van der Waals surface area contributed by atoms with Crippen LogP contribution in [0.2, 0.25) is 0 Å². The minimum Gasteiger partial charge on any atom is -0.397 e. The molecule has 3 nitrogen and oxygen atoms in total. The molecule has 0 amide bonds. The number of fused-ring (bicyclic) bond motifs is 2. The molecule has 1 heterocycles. The van der Waals surface area contributed by atoms with E-state index in [4.69, 9.17) is 5.73 Å². The Hall–Kier alpha value is -2.88. The van der Waals surface area contributed by atoms with Crippen molar-refractivity contribution in [3.63, 3.8) is 0 Å². The van der Waals surface area contributed by atoms with Gasteiger partial charge in [0.15, 0.2) is 0 Å². The zero-order valence-corrected chi connectivity index (χ0v) is 11.1. The molecule has 0 aliphatic heterocycles. The van der Waals surface area contributed by atoms with Crippen molar-refractivity contribution < 1.29 is 4.39 Å². The number of nitrogens with zero attached hydrogens (tertiary/aromatic N) is 1. The number of imidazole rings is 1. The number of anilines is 1. The van der Waals surface area contributed by atoms with Crippen LogP contribution in [-0.2, 0) is 0 Å². The van der Waals surface area contributed by atoms with E-state index in [9.17, 15) is 4.39 Å². The molecule has 4 aromatic rings. The zero-order valence-electron chi connectivity index (χ0n) is 11.1. The average Bonchev–Trinajstić information content (AvgIpc) is 2.93. The van der Waals surface area contributed by atoms with E-state index in [1.165, 1.54) is 6.07 Å². The Morgan fingerprint density at radius 2 is 1.71 bits per heavy atom. The van der Waals surface area contributed by atoms with Crippen LogP contribution >= 0.6 is 0 Å². The van der Waals surface area contributed by atoms with Crippen molar-refractivity contribution >= 4 is 27.5 Å². The van der Waals surface area contributed by atoms with Gasteiger partial charge in [0.2, 0.25) is 0 Å². The van der Waals surface area contributed by atoms with Gasteiger partial charge in [0.25, 0.3) is 0 Å². The van der Waals surface area contributed by atoms with Crippen molar-refractivity contribution in [3.05, 3.63) is 60.4 Å². The highest BCUT2D eigenvalue weighted by Crippen LogP contribution is 2.30. The van der Waals surface area contributed by atoms with Gasteiger partial charge in [-0.15, -0.1) is 0 Å². The van der Waals surface area contributed by atoms with E-state index in [0.717, 1.165) is 22.0 Å². The Kier molecular flexibility index (Phi) is 2.44. The molecule has 3 N–H and O–H groups in total. The SMILES string of the molecule is Nc1cccc2[nH]c(-c3ccc(F)c4ccccc34)nc12. The van der Waals surface area contributed by atoms with Gasteiger partial charge in [0, 0.05) is 10.9 Å². The molecule has 0 aliphatic rings. The number of nitrogen functional groups attached to an aromatic ring is 1. The Balaban J connectivity index is 2.05. The highest BCUT2D eigenvalue weighted by atomic mass is 19.1. The first-order valence-electron chi connectivity index (χ1n) is 6.66. The first-order valence-corrected chi connectivity index (χ1v) is 6.66. The summed E-state index contributed by atoms with van der Waals surface area (Å²) in [7, 11) is 0. The lowest BCUT2D eigenvalue weighted by molar-refractivity contribution is 0.640. The fourth-order valence-corrected chi connectivity index (χ4v) is 2.65. The molecule has 0 bridgehead atoms. The predicted molar refractivity (Wildman–Crippen MR) is 83.4 cm³/mol. The van der Waals surface area contributed by atoms with Crippen molar-refractivity contribution in [2.45, 2.75) is 0 Å². The monoisotopic (exact) mass is 277 g/mol. The molecule has 0 unspecified atom stereocenters. The van der Waals surface area contributed by atoms with Gasteiger partial charge >= 0.3 is 0 Å². The lowest BCUT2D eigenvalue weighted by atomic mass is 10.0. The molecule has 0 spiro atoms. The van der Waals surface area contributed by atoms with Crippen LogP contribution in [0.5, 0.6) is 0 Å². The number of H-pyrrole nitrogens is 1. The second-order valence-corrected chi connectivity index (χ2v) is 4.97. The minimum atomic E-state index is -0.232. The van der Waals surface area contributed by atoms with Crippen LogP contribution in [0, 0.1) is 5.82 Å². The third-order valence-corrected chi connectivity index (χ3v) is 3.67. The number of hydrogen-bond acceptors (Lipinski definition) is 2. The van der Waals surface area contributed by atoms with E-state index in [2.05, 4.69) is 9.97 Å². The highest BCUT2D eigenvalue weighted by molar-refractivity contribution is 5.98. The fraction of sp³-hybridized carbons (Fsp3) is 0. The first-order chi connectivity index (χ1) is 10.2. The highest BCUT2D eigenvalue weighted by Gasteiger charge is 2.12. The molecule has 0 saturated heterocycles. The van der Waals surface area contributed by atoms with Crippen LogP contribution in [0.3, 0.4) is 0 Å². The molecule has 102 valence electrons. The Bertz CT molecular complexity index is 972. The van der Waals surface area contributed by atoms with Crippen LogP contribution < -0.4 is 5.73 Å². The number of nitrogens with one attached hydrogen (secondary N) is 1. The van der Waals surface area contributed by atoms with Gasteiger partial charge in [-0.25, -0.2) is 9.37 Å². The van der Waals surface area contributed by atoms with Crippen molar-refractivity contribution in [2.75, 3.05) is 5.73 Å². The quantitative estimate of drug-likeness (QED) is 0.514. The summed E-state index contributed by atoms with van der Waals surface area (Å²) < 4.78 is 13.9. The van der Waals surface area contributed by atoms with Crippen LogP contribution in [0.1, 0.15) is 0 Å². The maximum Gasteiger partial charge on any atom is 0.139 e. The molecule has 4 heteroatoms. The Morgan fingerprint density at radius 3 is 2.52 bits per heavy atom. The van der Waals surface area contributed by atoms with E-state index < -0.39 is 0 Å². The lowest BCUT2D eigenvalue weighted by Crippen LogP contribution is -1.87. The summed E-state index contributed by atoms with van der Waals surface area (Å²) in [6.45, 7) is 0. The smallest absolute Gasteiger partial charge is 0.139 e. The fourth-order valence-electron chi connectivity index (χ4n) is 2.65. The summed E-state index contributed by atoms with van der Waals surface area (Å²) in [6.07, 6.45) is 0. The van der Waals surface area contributed by atoms with Gasteiger partial charge in [-0.2, -0.15) is 0 Å². The summed E-state index contributed by atoms with van der Waals surface area (Å²) in [6, 6.07) is 16.2. The second-order valence-electron chi connectivity index (χ2n) is 4.97. The van der Waals surface area contributed by atoms with E-state index in [0.29, 0.717) is 16.9 Å². The molecule has 0 fully saturated rings. The molecule has 0 aliphatic carbocycles. The number of aromatic nitrogens is 2. The van der Waals surface area contributed by atoms with E-state index in [1.807, 2.05) is 36.4 Å². The van der Waals surface area contributed by atoms with Gasteiger partial charge in [-0.3, -0.25) is 0 Å².